The van der Waals surface area contributed by atoms with Crippen LogP contribution in [0.25, 0.3) is 0 Å². The normalized spacial score (nSPS) is 25.3. The molecule has 0 saturated heterocycles. The van der Waals surface area contributed by atoms with Crippen LogP contribution in [0.3, 0.4) is 0 Å². The monoisotopic (exact) mass is 404 g/mol. The number of anilines is 1. The summed E-state index contributed by atoms with van der Waals surface area (Å²) in [5.74, 6) is -1.54. The van der Waals surface area contributed by atoms with Gasteiger partial charge >= 0.3 is 0 Å². The van der Waals surface area contributed by atoms with E-state index in [1.54, 1.807) is 36.5 Å². The third-order valence-corrected chi connectivity index (χ3v) is 6.37. The van der Waals surface area contributed by atoms with Crippen molar-refractivity contribution in [1.82, 2.24) is 4.98 Å². The third-order valence-electron chi connectivity index (χ3n) is 6.37. The zero-order valence-electron chi connectivity index (χ0n) is 15.9. The van der Waals surface area contributed by atoms with Crippen molar-refractivity contribution in [2.24, 2.45) is 0 Å². The Morgan fingerprint density at radius 3 is 1.90 bits per heavy atom. The summed E-state index contributed by atoms with van der Waals surface area (Å²) in [6, 6.07) is 15.5. The van der Waals surface area contributed by atoms with E-state index in [0.717, 1.165) is 0 Å². The fourth-order valence-electron chi connectivity index (χ4n) is 5.12. The molecule has 1 N–H and O–H groups in total. The lowest BCUT2D eigenvalue weighted by Gasteiger charge is -2.45. The summed E-state index contributed by atoms with van der Waals surface area (Å²) in [4.78, 5) is 30.8. The van der Waals surface area contributed by atoms with Crippen molar-refractivity contribution in [2.45, 2.75) is 30.1 Å². The number of pyridine rings is 1. The number of hydrogen-bond donors (Lipinski definition) is 1. The van der Waals surface area contributed by atoms with Crippen LogP contribution < -0.4 is 5.32 Å². The van der Waals surface area contributed by atoms with Gasteiger partial charge in [-0.05, 0) is 41.5 Å². The first kappa shape index (κ1) is 18.6. The molecule has 1 fully saturated rings. The Morgan fingerprint density at radius 1 is 0.833 bits per heavy atom. The number of nitrogens with one attached hydrogen (secondary N) is 1. The Balaban J connectivity index is 1.78. The van der Waals surface area contributed by atoms with Crippen LogP contribution >= 0.6 is 0 Å². The number of benzene rings is 2. The molecule has 30 heavy (non-hydrogen) atoms. The molecular formula is C24H18F2N2O2. The van der Waals surface area contributed by atoms with Crippen LogP contribution in [-0.4, -0.2) is 16.7 Å². The van der Waals surface area contributed by atoms with Crippen LogP contribution in [0.15, 0.2) is 66.9 Å². The Kier molecular flexibility index (Phi) is 4.24. The van der Waals surface area contributed by atoms with Crippen LogP contribution in [0.2, 0.25) is 0 Å². The number of rotatable bonds is 2. The Bertz CT molecular complexity index is 1090. The van der Waals surface area contributed by atoms with Gasteiger partial charge in [0.15, 0.2) is 0 Å². The van der Waals surface area contributed by atoms with E-state index < -0.39 is 17.3 Å². The highest BCUT2D eigenvalue weighted by Gasteiger charge is 2.61. The summed E-state index contributed by atoms with van der Waals surface area (Å²) in [6.07, 6.45) is 1.92. The number of fused-ring (bicyclic) bond motifs is 2. The second-order valence-corrected chi connectivity index (χ2v) is 7.88. The summed E-state index contributed by atoms with van der Waals surface area (Å²) in [6.45, 7) is 0. The van der Waals surface area contributed by atoms with Gasteiger partial charge in [0.25, 0.3) is 0 Å². The van der Waals surface area contributed by atoms with Crippen molar-refractivity contribution in [3.05, 3.63) is 95.2 Å². The Hall–Kier alpha value is -3.41. The molecule has 1 spiro atoms. The fraction of sp³-hybridized carbons (Fsp3) is 0.208. The highest BCUT2D eigenvalue weighted by Crippen LogP contribution is 2.59. The van der Waals surface area contributed by atoms with Crippen LogP contribution in [0.5, 0.6) is 0 Å². The van der Waals surface area contributed by atoms with Gasteiger partial charge in [0.05, 0.1) is 5.41 Å². The molecule has 6 heteroatoms. The minimum absolute atomic E-state index is 0.00872. The molecule has 0 bridgehead atoms. The second-order valence-electron chi connectivity index (χ2n) is 7.88. The van der Waals surface area contributed by atoms with Crippen molar-refractivity contribution >= 4 is 17.5 Å². The average Bonchev–Trinajstić information content (AvgIpc) is 3.03. The lowest BCUT2D eigenvalue weighted by Crippen LogP contribution is -2.50. The van der Waals surface area contributed by atoms with Crippen LogP contribution in [0.4, 0.5) is 14.6 Å². The Labute approximate surface area is 172 Å². The third kappa shape index (κ3) is 2.67. The molecule has 1 saturated carbocycles. The smallest absolute Gasteiger partial charge is 0.237 e. The second kappa shape index (κ2) is 6.83. The molecule has 3 aromatic rings. The minimum Gasteiger partial charge on any atom is -0.310 e. The maximum Gasteiger partial charge on any atom is 0.237 e. The van der Waals surface area contributed by atoms with E-state index in [1.807, 2.05) is 6.07 Å². The topological polar surface area (TPSA) is 59.1 Å². The molecule has 4 nitrogen and oxygen atoms in total. The molecule has 5 rings (SSSR count). The molecule has 2 unspecified atom stereocenters. The summed E-state index contributed by atoms with van der Waals surface area (Å²) < 4.78 is 27.2. The number of halogens is 2. The first-order chi connectivity index (χ1) is 14.5. The predicted molar refractivity (Wildman–Crippen MR) is 107 cm³/mol. The average molecular weight is 404 g/mol. The molecule has 2 aromatic carbocycles. The number of carbonyl (C=O) groups excluding carboxylic acids is 2. The molecule has 0 radical (unpaired) electrons. The first-order valence-electron chi connectivity index (χ1n) is 9.79. The predicted octanol–water partition coefficient (Wildman–Crippen LogP) is 4.48. The largest absolute Gasteiger partial charge is 0.310 e. The number of hydrogen-bond acceptors (Lipinski definition) is 3. The Morgan fingerprint density at radius 2 is 1.37 bits per heavy atom. The first-order valence-corrected chi connectivity index (χ1v) is 9.79. The van der Waals surface area contributed by atoms with Crippen molar-refractivity contribution in [3.63, 3.8) is 0 Å². The molecule has 2 heterocycles. The van der Waals surface area contributed by atoms with E-state index in [9.17, 15) is 18.4 Å². The van der Waals surface area contributed by atoms with Gasteiger partial charge in [-0.15, -0.1) is 0 Å². The number of ketones is 1. The lowest BCUT2D eigenvalue weighted by molar-refractivity contribution is -0.128. The minimum atomic E-state index is -1.10. The highest BCUT2D eigenvalue weighted by molar-refractivity contribution is 6.08. The molecule has 150 valence electrons. The van der Waals surface area contributed by atoms with Crippen molar-refractivity contribution in [2.75, 3.05) is 5.32 Å². The molecular weight excluding hydrogens is 386 g/mol. The van der Waals surface area contributed by atoms with Crippen molar-refractivity contribution in [3.8, 4) is 0 Å². The van der Waals surface area contributed by atoms with E-state index in [0.29, 0.717) is 22.5 Å². The van der Waals surface area contributed by atoms with E-state index >= 15 is 0 Å². The van der Waals surface area contributed by atoms with Gasteiger partial charge in [0.2, 0.25) is 5.91 Å². The van der Waals surface area contributed by atoms with Crippen LogP contribution in [-0.2, 0) is 15.0 Å². The quantitative estimate of drug-likeness (QED) is 0.685. The zero-order valence-corrected chi connectivity index (χ0v) is 15.9. The SMILES string of the molecule is O=C1CC(c2ccc(F)cc2)C2(C(=O)Nc3ncccc32)C(c2ccc(F)cc2)C1. The van der Waals surface area contributed by atoms with Gasteiger partial charge in [-0.3, -0.25) is 9.59 Å². The van der Waals surface area contributed by atoms with Gasteiger partial charge in [-0.2, -0.15) is 0 Å². The number of nitrogens with zero attached hydrogens (tertiary/aromatic N) is 1. The van der Waals surface area contributed by atoms with Crippen molar-refractivity contribution in [1.29, 1.82) is 0 Å². The maximum absolute atomic E-state index is 13.6. The van der Waals surface area contributed by atoms with E-state index in [4.69, 9.17) is 0 Å². The number of carbonyl (C=O) groups is 2. The zero-order chi connectivity index (χ0) is 20.9. The van der Waals surface area contributed by atoms with E-state index in [1.165, 1.54) is 24.3 Å². The van der Waals surface area contributed by atoms with Gasteiger partial charge < -0.3 is 5.32 Å². The molecule has 2 atom stereocenters. The standard InChI is InChI=1S/C24H18F2N2O2/c25-16-7-3-14(4-8-16)20-12-18(29)13-21(15-5-9-17(26)10-6-15)24(20)19-2-1-11-27-22(19)28-23(24)30/h1-11,20-21H,12-13H2,(H,27,28,30). The van der Waals surface area contributed by atoms with Crippen molar-refractivity contribution < 1.29 is 18.4 Å². The summed E-state index contributed by atoms with van der Waals surface area (Å²) in [5, 5.41) is 2.89. The molecule has 1 aliphatic carbocycles. The highest BCUT2D eigenvalue weighted by atomic mass is 19.1. The van der Waals surface area contributed by atoms with Crippen LogP contribution in [0.1, 0.15) is 41.4 Å². The molecule has 1 aromatic heterocycles. The lowest BCUT2D eigenvalue weighted by atomic mass is 9.54. The number of aromatic nitrogens is 1. The van der Waals surface area contributed by atoms with E-state index in [2.05, 4.69) is 10.3 Å². The van der Waals surface area contributed by atoms with E-state index in [-0.39, 0.29) is 36.2 Å². The van der Waals surface area contributed by atoms with Gasteiger partial charge in [0.1, 0.15) is 23.2 Å². The molecule has 1 amide bonds. The summed E-state index contributed by atoms with van der Waals surface area (Å²) in [5.41, 5.74) is 1.03. The van der Waals surface area contributed by atoms with Gasteiger partial charge in [-0.1, -0.05) is 30.3 Å². The molecule has 1 aliphatic heterocycles. The number of Topliss-reactive ketones (excluding diaryl/α,β-unsaturated/α-hetero) is 1. The fourth-order valence-corrected chi connectivity index (χ4v) is 5.12. The maximum atomic E-state index is 13.6. The number of amides is 1. The molecule has 2 aliphatic rings. The summed E-state index contributed by atoms with van der Waals surface area (Å²) >= 11 is 0. The summed E-state index contributed by atoms with van der Waals surface area (Å²) in [7, 11) is 0. The van der Waals surface area contributed by atoms with Crippen LogP contribution in [0, 0.1) is 11.6 Å². The van der Waals surface area contributed by atoms with Gasteiger partial charge in [-0.25, -0.2) is 13.8 Å². The van der Waals surface area contributed by atoms with Gasteiger partial charge in [0, 0.05) is 36.4 Å².